The zero-order valence-corrected chi connectivity index (χ0v) is 12.7. The minimum absolute atomic E-state index is 0.00354. The molecular formula is C15H22N2O4. The summed E-state index contributed by atoms with van der Waals surface area (Å²) in [5, 5.41) is 6.12. The van der Waals surface area contributed by atoms with E-state index in [-0.39, 0.29) is 12.3 Å². The maximum absolute atomic E-state index is 12.0. The lowest BCUT2D eigenvalue weighted by molar-refractivity contribution is -0.120. The highest BCUT2D eigenvalue weighted by Crippen LogP contribution is 2.38. The molecule has 1 aliphatic heterocycles. The molecule has 0 unspecified atom stereocenters. The maximum Gasteiger partial charge on any atom is 0.224 e. The Hall–Kier alpha value is -1.95. The fraction of sp³-hybridized carbons (Fsp3) is 0.533. The molecule has 0 saturated carbocycles. The Morgan fingerprint density at radius 2 is 1.81 bits per heavy atom. The first-order valence-corrected chi connectivity index (χ1v) is 6.94. The van der Waals surface area contributed by atoms with Crippen molar-refractivity contribution in [3.8, 4) is 17.2 Å². The van der Waals surface area contributed by atoms with Gasteiger partial charge in [-0.25, -0.2) is 0 Å². The molecule has 1 amide bonds. The number of carbonyl (C=O) groups excluding carboxylic acids is 1. The molecular weight excluding hydrogens is 272 g/mol. The second-order valence-electron chi connectivity index (χ2n) is 5.04. The van der Waals surface area contributed by atoms with E-state index in [2.05, 4.69) is 10.6 Å². The van der Waals surface area contributed by atoms with Gasteiger partial charge in [-0.3, -0.25) is 4.79 Å². The van der Waals surface area contributed by atoms with Gasteiger partial charge in [-0.2, -0.15) is 0 Å². The number of rotatable bonds is 7. The molecule has 0 bridgehead atoms. The van der Waals surface area contributed by atoms with Crippen LogP contribution >= 0.6 is 0 Å². The molecule has 116 valence electrons. The van der Waals surface area contributed by atoms with Crippen LogP contribution in [-0.2, 0) is 11.2 Å². The number of carbonyl (C=O) groups is 1. The average molecular weight is 294 g/mol. The zero-order chi connectivity index (χ0) is 15.2. The molecule has 0 radical (unpaired) electrons. The monoisotopic (exact) mass is 294 g/mol. The van der Waals surface area contributed by atoms with Gasteiger partial charge >= 0.3 is 0 Å². The van der Waals surface area contributed by atoms with E-state index in [0.29, 0.717) is 23.2 Å². The second-order valence-corrected chi connectivity index (χ2v) is 5.04. The van der Waals surface area contributed by atoms with Gasteiger partial charge in [0.1, 0.15) is 0 Å². The van der Waals surface area contributed by atoms with Crippen molar-refractivity contribution >= 4 is 5.91 Å². The van der Waals surface area contributed by atoms with Crippen LogP contribution in [0.4, 0.5) is 0 Å². The normalized spacial score (nSPS) is 14.2. The van der Waals surface area contributed by atoms with Crippen molar-refractivity contribution in [1.82, 2.24) is 10.6 Å². The van der Waals surface area contributed by atoms with Crippen LogP contribution in [0.5, 0.6) is 17.2 Å². The molecule has 2 rings (SSSR count). The molecule has 1 aromatic rings. The van der Waals surface area contributed by atoms with Gasteiger partial charge in [0.2, 0.25) is 11.7 Å². The first-order valence-electron chi connectivity index (χ1n) is 6.94. The molecule has 0 spiro atoms. The predicted molar refractivity (Wildman–Crippen MR) is 79.2 cm³/mol. The first-order chi connectivity index (χ1) is 10.2. The van der Waals surface area contributed by atoms with Gasteiger partial charge in [0.05, 0.1) is 27.8 Å². The highest BCUT2D eigenvalue weighted by atomic mass is 16.5. The minimum atomic E-state index is -0.00354. The van der Waals surface area contributed by atoms with Gasteiger partial charge in [0, 0.05) is 25.6 Å². The number of benzene rings is 1. The van der Waals surface area contributed by atoms with Gasteiger partial charge in [-0.15, -0.1) is 0 Å². The maximum atomic E-state index is 12.0. The van der Waals surface area contributed by atoms with Crippen LogP contribution < -0.4 is 24.8 Å². The Bertz CT molecular complexity index is 475. The minimum Gasteiger partial charge on any atom is -0.493 e. The SMILES string of the molecule is COc1cc(CC(=O)NCC2CNC2)cc(OC)c1OC. The van der Waals surface area contributed by atoms with Crippen molar-refractivity contribution in [2.45, 2.75) is 6.42 Å². The van der Waals surface area contributed by atoms with Crippen molar-refractivity contribution < 1.29 is 19.0 Å². The first kappa shape index (κ1) is 15.4. The summed E-state index contributed by atoms with van der Waals surface area (Å²) in [6.07, 6.45) is 0.289. The number of hydrogen-bond acceptors (Lipinski definition) is 5. The number of methoxy groups -OCH3 is 3. The van der Waals surface area contributed by atoms with Crippen molar-refractivity contribution in [3.63, 3.8) is 0 Å². The van der Waals surface area contributed by atoms with Gasteiger partial charge in [-0.05, 0) is 17.7 Å². The lowest BCUT2D eigenvalue weighted by Crippen LogP contribution is -2.48. The fourth-order valence-electron chi connectivity index (χ4n) is 2.24. The molecule has 1 aliphatic rings. The third kappa shape index (κ3) is 3.78. The van der Waals surface area contributed by atoms with Crippen LogP contribution in [0.2, 0.25) is 0 Å². The third-order valence-corrected chi connectivity index (χ3v) is 3.54. The van der Waals surface area contributed by atoms with E-state index in [4.69, 9.17) is 14.2 Å². The number of ether oxygens (including phenoxy) is 3. The van der Waals surface area contributed by atoms with E-state index in [9.17, 15) is 4.79 Å². The van der Waals surface area contributed by atoms with Crippen LogP contribution in [0.15, 0.2) is 12.1 Å². The van der Waals surface area contributed by atoms with Crippen molar-refractivity contribution in [1.29, 1.82) is 0 Å². The van der Waals surface area contributed by atoms with Crippen LogP contribution in [-0.4, -0.2) is 46.9 Å². The Balaban J connectivity index is 2.02. The lowest BCUT2D eigenvalue weighted by Gasteiger charge is -2.27. The largest absolute Gasteiger partial charge is 0.493 e. The van der Waals surface area contributed by atoms with Gasteiger partial charge in [0.25, 0.3) is 0 Å². The summed E-state index contributed by atoms with van der Waals surface area (Å²) in [5.74, 6) is 2.19. The van der Waals surface area contributed by atoms with Crippen LogP contribution in [0.25, 0.3) is 0 Å². The second kappa shape index (κ2) is 7.17. The quantitative estimate of drug-likeness (QED) is 0.770. The molecule has 0 atom stereocenters. The van der Waals surface area contributed by atoms with Gasteiger partial charge in [0.15, 0.2) is 11.5 Å². The number of hydrogen-bond donors (Lipinski definition) is 2. The Morgan fingerprint density at radius 3 is 2.24 bits per heavy atom. The summed E-state index contributed by atoms with van der Waals surface area (Å²) in [5.41, 5.74) is 0.828. The molecule has 1 heterocycles. The number of nitrogens with one attached hydrogen (secondary N) is 2. The molecule has 0 aliphatic carbocycles. The van der Waals surface area contributed by atoms with Gasteiger partial charge < -0.3 is 24.8 Å². The highest BCUT2D eigenvalue weighted by molar-refractivity contribution is 5.79. The molecule has 1 saturated heterocycles. The van der Waals surface area contributed by atoms with E-state index in [1.54, 1.807) is 33.5 Å². The summed E-state index contributed by atoms with van der Waals surface area (Å²) >= 11 is 0. The standard InChI is InChI=1S/C15H22N2O4/c1-19-12-4-10(5-13(20-2)15(12)21-3)6-14(18)17-9-11-7-16-8-11/h4-5,11,16H,6-9H2,1-3H3,(H,17,18). The molecule has 21 heavy (non-hydrogen) atoms. The van der Waals surface area contributed by atoms with Crippen molar-refractivity contribution in [3.05, 3.63) is 17.7 Å². The van der Waals surface area contributed by atoms with E-state index < -0.39 is 0 Å². The number of amides is 1. The van der Waals surface area contributed by atoms with Crippen LogP contribution in [0.3, 0.4) is 0 Å². The summed E-state index contributed by atoms with van der Waals surface area (Å²) in [6.45, 7) is 2.67. The molecule has 6 heteroatoms. The van der Waals surface area contributed by atoms with Crippen molar-refractivity contribution in [2.75, 3.05) is 41.0 Å². The Morgan fingerprint density at radius 1 is 1.19 bits per heavy atom. The van der Waals surface area contributed by atoms with E-state index in [1.165, 1.54) is 0 Å². The third-order valence-electron chi connectivity index (χ3n) is 3.54. The smallest absolute Gasteiger partial charge is 0.224 e. The summed E-state index contributed by atoms with van der Waals surface area (Å²) in [6, 6.07) is 3.59. The summed E-state index contributed by atoms with van der Waals surface area (Å²) in [4.78, 5) is 12.0. The van der Waals surface area contributed by atoms with Gasteiger partial charge in [-0.1, -0.05) is 0 Å². The Kier molecular flexibility index (Phi) is 5.27. The Labute approximate surface area is 124 Å². The molecule has 1 aromatic carbocycles. The molecule has 1 fully saturated rings. The average Bonchev–Trinajstić information content (AvgIpc) is 2.44. The fourth-order valence-corrected chi connectivity index (χ4v) is 2.24. The highest BCUT2D eigenvalue weighted by Gasteiger charge is 2.18. The molecule has 0 aromatic heterocycles. The summed E-state index contributed by atoms with van der Waals surface area (Å²) < 4.78 is 15.8. The predicted octanol–water partition coefficient (Wildman–Crippen LogP) is 0.591. The lowest BCUT2D eigenvalue weighted by atomic mass is 10.0. The summed E-state index contributed by atoms with van der Waals surface area (Å²) in [7, 11) is 4.68. The molecule has 6 nitrogen and oxygen atoms in total. The zero-order valence-electron chi connectivity index (χ0n) is 12.7. The van der Waals surface area contributed by atoms with Crippen molar-refractivity contribution in [2.24, 2.45) is 5.92 Å². The van der Waals surface area contributed by atoms with E-state index >= 15 is 0 Å². The molecule has 2 N–H and O–H groups in total. The van der Waals surface area contributed by atoms with Crippen LogP contribution in [0, 0.1) is 5.92 Å². The van der Waals surface area contributed by atoms with Crippen LogP contribution in [0.1, 0.15) is 5.56 Å². The van der Waals surface area contributed by atoms with E-state index in [0.717, 1.165) is 25.2 Å². The topological polar surface area (TPSA) is 68.8 Å². The van der Waals surface area contributed by atoms with E-state index in [1.807, 2.05) is 0 Å².